The van der Waals surface area contributed by atoms with Crippen molar-refractivity contribution in [3.63, 3.8) is 0 Å². The molecule has 0 spiro atoms. The van der Waals surface area contributed by atoms with Crippen LogP contribution in [0.4, 0.5) is 0 Å². The first-order valence-corrected chi connectivity index (χ1v) is 4.64. The Bertz CT molecular complexity index is 334. The molecule has 0 heterocycles. The molecule has 2 N–H and O–H groups in total. The maximum absolute atomic E-state index is 10.7. The van der Waals surface area contributed by atoms with E-state index >= 15 is 0 Å². The lowest BCUT2D eigenvalue weighted by Gasteiger charge is -2.12. The summed E-state index contributed by atoms with van der Waals surface area (Å²) in [5.41, 5.74) is 1.23. The Morgan fingerprint density at radius 2 is 1.87 bits per heavy atom. The van der Waals surface area contributed by atoms with Crippen LogP contribution in [0.1, 0.15) is 25.5 Å². The maximum Gasteiger partial charge on any atom is 0.488 e. The monoisotopic (exact) mass is 208 g/mol. The van der Waals surface area contributed by atoms with Crippen molar-refractivity contribution < 1.29 is 19.6 Å². The van der Waals surface area contributed by atoms with Gasteiger partial charge < -0.3 is 14.8 Å². The van der Waals surface area contributed by atoms with E-state index in [2.05, 4.69) is 0 Å². The van der Waals surface area contributed by atoms with Gasteiger partial charge in [-0.2, -0.15) is 0 Å². The molecule has 1 aromatic rings. The third kappa shape index (κ3) is 3.38. The Kier molecular flexibility index (Phi) is 3.88. The van der Waals surface area contributed by atoms with Crippen molar-refractivity contribution in [2.75, 3.05) is 0 Å². The molecular weight excluding hydrogens is 195 g/mol. The summed E-state index contributed by atoms with van der Waals surface area (Å²) >= 11 is 0. The molecule has 0 bridgehead atoms. The highest BCUT2D eigenvalue weighted by atomic mass is 16.5. The largest absolute Gasteiger partial charge is 0.488 e. The third-order valence-electron chi connectivity index (χ3n) is 2.05. The number of hydrogen-bond acceptors (Lipinski definition) is 4. The number of rotatable bonds is 3. The molecule has 0 fully saturated rings. The average molecular weight is 208 g/mol. The van der Waals surface area contributed by atoms with Crippen LogP contribution in [0.25, 0.3) is 0 Å². The molecule has 0 aliphatic heterocycles. The lowest BCUT2D eigenvalue weighted by Crippen LogP contribution is -2.29. The van der Waals surface area contributed by atoms with Crippen molar-refractivity contribution in [1.29, 1.82) is 0 Å². The zero-order valence-electron chi connectivity index (χ0n) is 8.68. The summed E-state index contributed by atoms with van der Waals surface area (Å²) < 4.78 is 4.97. The minimum absolute atomic E-state index is 0.326. The van der Waals surface area contributed by atoms with E-state index in [4.69, 9.17) is 14.8 Å². The second-order valence-electron chi connectivity index (χ2n) is 3.29. The summed E-state index contributed by atoms with van der Waals surface area (Å²) in [4.78, 5) is 10.7. The Hall–Kier alpha value is -1.33. The van der Waals surface area contributed by atoms with E-state index in [1.54, 1.807) is 31.2 Å². The van der Waals surface area contributed by atoms with Crippen LogP contribution in [-0.2, 0) is 9.53 Å². The molecule has 0 unspecified atom stereocenters. The normalized spacial score (nSPS) is 12.0. The Morgan fingerprint density at radius 1 is 1.33 bits per heavy atom. The number of carbonyl (C=O) groups excluding carboxylic acids is 1. The number of hydrogen-bond donors (Lipinski definition) is 2. The zero-order valence-corrected chi connectivity index (χ0v) is 8.68. The van der Waals surface area contributed by atoms with Gasteiger partial charge in [0.2, 0.25) is 0 Å². The molecule has 1 atom stereocenters. The van der Waals surface area contributed by atoms with Gasteiger partial charge in [0.1, 0.15) is 6.10 Å². The highest BCUT2D eigenvalue weighted by molar-refractivity contribution is 6.58. The number of esters is 1. The van der Waals surface area contributed by atoms with Gasteiger partial charge in [-0.25, -0.2) is 0 Å². The molecule has 0 aromatic heterocycles. The molecule has 4 nitrogen and oxygen atoms in total. The van der Waals surface area contributed by atoms with Gasteiger partial charge in [-0.15, -0.1) is 0 Å². The van der Waals surface area contributed by atoms with Crippen molar-refractivity contribution in [2.24, 2.45) is 0 Å². The van der Waals surface area contributed by atoms with Crippen LogP contribution in [0.2, 0.25) is 0 Å². The van der Waals surface area contributed by atoms with Gasteiger partial charge >= 0.3 is 13.1 Å². The van der Waals surface area contributed by atoms with E-state index in [1.165, 1.54) is 6.92 Å². The standard InChI is InChI=1S/C10H13BO4/c1-7(15-8(2)12)9-3-5-10(6-4-9)11(13)14/h3-7,13-14H,1-2H3/t7-/m1/s1. The minimum Gasteiger partial charge on any atom is -0.458 e. The SMILES string of the molecule is CC(=O)O[C@H](C)c1ccc(B(O)O)cc1. The second kappa shape index (κ2) is 4.95. The fourth-order valence-electron chi connectivity index (χ4n) is 1.26. The molecule has 0 aliphatic rings. The van der Waals surface area contributed by atoms with E-state index in [0.717, 1.165) is 5.56 Å². The van der Waals surface area contributed by atoms with Crippen molar-refractivity contribution in [1.82, 2.24) is 0 Å². The molecule has 0 saturated heterocycles. The summed E-state index contributed by atoms with van der Waals surface area (Å²) in [5, 5.41) is 17.7. The van der Waals surface area contributed by atoms with Gasteiger partial charge in [0.05, 0.1) is 0 Å². The van der Waals surface area contributed by atoms with Crippen LogP contribution < -0.4 is 5.46 Å². The summed E-state index contributed by atoms with van der Waals surface area (Å²) in [6.07, 6.45) is -0.326. The molecule has 0 amide bonds. The highest BCUT2D eigenvalue weighted by Gasteiger charge is 2.12. The smallest absolute Gasteiger partial charge is 0.458 e. The third-order valence-corrected chi connectivity index (χ3v) is 2.05. The molecule has 0 radical (unpaired) electrons. The molecule has 0 aliphatic carbocycles. The van der Waals surface area contributed by atoms with Crippen LogP contribution in [0.3, 0.4) is 0 Å². The average Bonchev–Trinajstić information content (AvgIpc) is 2.17. The Morgan fingerprint density at radius 3 is 2.27 bits per heavy atom. The molecule has 1 aromatic carbocycles. The van der Waals surface area contributed by atoms with Crippen molar-refractivity contribution in [3.05, 3.63) is 29.8 Å². The fourth-order valence-corrected chi connectivity index (χ4v) is 1.26. The van der Waals surface area contributed by atoms with Gasteiger partial charge in [0, 0.05) is 6.92 Å². The zero-order chi connectivity index (χ0) is 11.4. The van der Waals surface area contributed by atoms with Gasteiger partial charge in [0.25, 0.3) is 0 Å². The first kappa shape index (κ1) is 11.7. The summed E-state index contributed by atoms with van der Waals surface area (Å²) in [6.45, 7) is 3.11. The van der Waals surface area contributed by atoms with Crippen LogP contribution in [-0.4, -0.2) is 23.1 Å². The van der Waals surface area contributed by atoms with E-state index in [-0.39, 0.29) is 12.1 Å². The number of benzene rings is 1. The number of ether oxygens (including phenoxy) is 1. The van der Waals surface area contributed by atoms with E-state index in [9.17, 15) is 4.79 Å². The Balaban J connectivity index is 2.75. The predicted molar refractivity (Wildman–Crippen MR) is 56.4 cm³/mol. The molecule has 5 heteroatoms. The first-order chi connectivity index (χ1) is 7.00. The number of carbonyl (C=O) groups is 1. The summed E-state index contributed by atoms with van der Waals surface area (Å²) in [6, 6.07) is 6.56. The molecule has 15 heavy (non-hydrogen) atoms. The molecular formula is C10H13BO4. The molecule has 80 valence electrons. The fraction of sp³-hybridized carbons (Fsp3) is 0.300. The van der Waals surface area contributed by atoms with E-state index < -0.39 is 7.12 Å². The van der Waals surface area contributed by atoms with Crippen LogP contribution in [0.5, 0.6) is 0 Å². The second-order valence-corrected chi connectivity index (χ2v) is 3.29. The van der Waals surface area contributed by atoms with Gasteiger partial charge in [-0.1, -0.05) is 24.3 Å². The van der Waals surface area contributed by atoms with Crippen molar-refractivity contribution >= 4 is 18.6 Å². The van der Waals surface area contributed by atoms with Crippen LogP contribution in [0, 0.1) is 0 Å². The summed E-state index contributed by atoms with van der Waals surface area (Å²) in [7, 11) is -1.47. The van der Waals surface area contributed by atoms with Gasteiger partial charge in [0.15, 0.2) is 0 Å². The predicted octanol–water partition coefficient (Wildman–Crippen LogP) is -0.00950. The van der Waals surface area contributed by atoms with Gasteiger partial charge in [-0.05, 0) is 17.9 Å². The van der Waals surface area contributed by atoms with Crippen molar-refractivity contribution in [2.45, 2.75) is 20.0 Å². The summed E-state index contributed by atoms with van der Waals surface area (Å²) in [5.74, 6) is -0.339. The van der Waals surface area contributed by atoms with E-state index in [0.29, 0.717) is 5.46 Å². The van der Waals surface area contributed by atoms with Crippen molar-refractivity contribution in [3.8, 4) is 0 Å². The lowest BCUT2D eigenvalue weighted by atomic mass is 9.80. The van der Waals surface area contributed by atoms with Gasteiger partial charge in [-0.3, -0.25) is 4.79 Å². The molecule has 0 saturated carbocycles. The lowest BCUT2D eigenvalue weighted by molar-refractivity contribution is -0.145. The minimum atomic E-state index is -1.47. The van der Waals surface area contributed by atoms with E-state index in [1.807, 2.05) is 0 Å². The van der Waals surface area contributed by atoms with Crippen LogP contribution in [0.15, 0.2) is 24.3 Å². The maximum atomic E-state index is 10.7. The van der Waals surface area contributed by atoms with Crippen LogP contribution >= 0.6 is 0 Å². The first-order valence-electron chi connectivity index (χ1n) is 4.64. The highest BCUT2D eigenvalue weighted by Crippen LogP contribution is 2.15. The topological polar surface area (TPSA) is 66.8 Å². The Labute approximate surface area is 88.6 Å². The molecule has 1 rings (SSSR count). The quantitative estimate of drug-likeness (QED) is 0.541.